The van der Waals surface area contributed by atoms with E-state index in [-0.39, 0.29) is 6.03 Å². The Hall–Kier alpha value is -2.73. The van der Waals surface area contributed by atoms with Crippen molar-refractivity contribution in [2.75, 3.05) is 16.4 Å². The molecule has 2 N–H and O–H groups in total. The number of rotatable bonds is 3. The SMILES string of the molecule is Cc1cccc(NC(=O)Nc2ccccc2-c2cn3c(n2)SCC3)c1C. The van der Waals surface area contributed by atoms with E-state index in [1.54, 1.807) is 11.8 Å². The van der Waals surface area contributed by atoms with Gasteiger partial charge in [0.2, 0.25) is 0 Å². The molecule has 0 spiro atoms. The largest absolute Gasteiger partial charge is 0.325 e. The van der Waals surface area contributed by atoms with Gasteiger partial charge in [0.15, 0.2) is 5.16 Å². The van der Waals surface area contributed by atoms with E-state index < -0.39 is 0 Å². The number of para-hydroxylation sites is 1. The molecular formula is C20H20N4OS. The van der Waals surface area contributed by atoms with Crippen LogP contribution < -0.4 is 10.6 Å². The molecule has 0 atom stereocenters. The summed E-state index contributed by atoms with van der Waals surface area (Å²) in [6, 6.07) is 13.4. The van der Waals surface area contributed by atoms with Gasteiger partial charge in [0.25, 0.3) is 0 Å². The zero-order valence-electron chi connectivity index (χ0n) is 14.7. The maximum Gasteiger partial charge on any atom is 0.323 e. The van der Waals surface area contributed by atoms with Crippen LogP contribution in [0.2, 0.25) is 0 Å². The zero-order valence-corrected chi connectivity index (χ0v) is 15.6. The lowest BCUT2D eigenvalue weighted by Gasteiger charge is -2.13. The molecule has 6 heteroatoms. The molecule has 1 aliphatic heterocycles. The summed E-state index contributed by atoms with van der Waals surface area (Å²) in [5, 5.41) is 6.94. The van der Waals surface area contributed by atoms with Gasteiger partial charge < -0.3 is 15.2 Å². The fourth-order valence-corrected chi connectivity index (χ4v) is 3.96. The van der Waals surface area contributed by atoms with E-state index in [4.69, 9.17) is 4.98 Å². The molecule has 4 rings (SSSR count). The van der Waals surface area contributed by atoms with Crippen LogP contribution in [0.3, 0.4) is 0 Å². The van der Waals surface area contributed by atoms with Crippen LogP contribution in [0.25, 0.3) is 11.3 Å². The zero-order chi connectivity index (χ0) is 18.1. The van der Waals surface area contributed by atoms with Crippen LogP contribution in [0.1, 0.15) is 11.1 Å². The second kappa shape index (κ2) is 6.88. The highest BCUT2D eigenvalue weighted by Gasteiger charge is 2.17. The summed E-state index contributed by atoms with van der Waals surface area (Å²) in [6.07, 6.45) is 2.05. The number of amides is 2. The number of fused-ring (bicyclic) bond motifs is 1. The Kier molecular flexibility index (Phi) is 4.42. The van der Waals surface area contributed by atoms with E-state index in [0.29, 0.717) is 0 Å². The average molecular weight is 364 g/mol. The number of hydrogen-bond donors (Lipinski definition) is 2. The topological polar surface area (TPSA) is 59.0 Å². The number of aromatic nitrogens is 2. The average Bonchev–Trinajstić information content (AvgIpc) is 3.21. The molecule has 26 heavy (non-hydrogen) atoms. The summed E-state index contributed by atoms with van der Waals surface area (Å²) >= 11 is 1.76. The number of aryl methyl sites for hydroxylation is 2. The van der Waals surface area contributed by atoms with Crippen molar-refractivity contribution >= 4 is 29.2 Å². The van der Waals surface area contributed by atoms with Gasteiger partial charge in [0.05, 0.1) is 11.4 Å². The molecule has 0 radical (unpaired) electrons. The normalized spacial score (nSPS) is 12.7. The Morgan fingerprint density at radius 2 is 1.85 bits per heavy atom. The monoisotopic (exact) mass is 364 g/mol. The summed E-state index contributed by atoms with van der Waals surface area (Å²) in [6.45, 7) is 5.02. The van der Waals surface area contributed by atoms with E-state index in [2.05, 4.69) is 21.4 Å². The third-order valence-electron chi connectivity index (χ3n) is 4.61. The maximum atomic E-state index is 12.5. The first kappa shape index (κ1) is 16.7. The molecule has 3 aromatic rings. The smallest absolute Gasteiger partial charge is 0.323 e. The summed E-state index contributed by atoms with van der Waals surface area (Å²) < 4.78 is 2.16. The molecule has 0 bridgehead atoms. The molecule has 2 amide bonds. The quantitative estimate of drug-likeness (QED) is 0.694. The van der Waals surface area contributed by atoms with E-state index in [1.165, 1.54) is 0 Å². The Balaban J connectivity index is 1.56. The Morgan fingerprint density at radius 3 is 2.69 bits per heavy atom. The van der Waals surface area contributed by atoms with Crippen LogP contribution in [0, 0.1) is 13.8 Å². The Morgan fingerprint density at radius 1 is 1.08 bits per heavy atom. The van der Waals surface area contributed by atoms with Gasteiger partial charge in [-0.1, -0.05) is 42.1 Å². The van der Waals surface area contributed by atoms with E-state index in [1.807, 2.05) is 56.3 Å². The molecule has 0 saturated carbocycles. The lowest BCUT2D eigenvalue weighted by Crippen LogP contribution is -2.20. The molecule has 2 aromatic carbocycles. The van der Waals surface area contributed by atoms with Crippen molar-refractivity contribution in [3.8, 4) is 11.3 Å². The number of urea groups is 1. The van der Waals surface area contributed by atoms with E-state index >= 15 is 0 Å². The molecule has 0 saturated heterocycles. The number of benzene rings is 2. The van der Waals surface area contributed by atoms with E-state index in [9.17, 15) is 4.79 Å². The molecule has 0 fully saturated rings. The number of thioether (sulfide) groups is 1. The second-order valence-electron chi connectivity index (χ2n) is 6.32. The van der Waals surface area contributed by atoms with Crippen molar-refractivity contribution in [3.63, 3.8) is 0 Å². The highest BCUT2D eigenvalue weighted by Crippen LogP contribution is 2.32. The second-order valence-corrected chi connectivity index (χ2v) is 7.38. The first-order chi connectivity index (χ1) is 12.6. The molecule has 2 heterocycles. The molecular weight excluding hydrogens is 344 g/mol. The standard InChI is InChI=1S/C20H20N4OS/c1-13-6-5-9-16(14(13)2)21-19(25)22-17-8-4-3-7-15(17)18-12-24-10-11-26-20(24)23-18/h3-9,12H,10-11H2,1-2H3,(H2,21,22,25). The summed E-state index contributed by atoms with van der Waals surface area (Å²) in [4.78, 5) is 17.2. The molecule has 132 valence electrons. The third kappa shape index (κ3) is 3.20. The van der Waals surface area contributed by atoms with Crippen LogP contribution in [-0.2, 0) is 6.54 Å². The number of hydrogen-bond acceptors (Lipinski definition) is 3. The summed E-state index contributed by atoms with van der Waals surface area (Å²) in [7, 11) is 0. The van der Waals surface area contributed by atoms with E-state index in [0.717, 1.165) is 51.2 Å². The molecule has 1 aromatic heterocycles. The van der Waals surface area contributed by atoms with Crippen molar-refractivity contribution in [1.82, 2.24) is 9.55 Å². The number of carbonyl (C=O) groups is 1. The lowest BCUT2D eigenvalue weighted by atomic mass is 10.1. The first-order valence-corrected chi connectivity index (χ1v) is 9.54. The van der Waals surface area contributed by atoms with Crippen LogP contribution in [-0.4, -0.2) is 21.3 Å². The predicted octanol–water partition coefficient (Wildman–Crippen LogP) is 4.92. The summed E-state index contributed by atoms with van der Waals surface area (Å²) in [5.74, 6) is 1.07. The highest BCUT2D eigenvalue weighted by atomic mass is 32.2. The van der Waals surface area contributed by atoms with Crippen LogP contribution in [0.15, 0.2) is 53.8 Å². The number of anilines is 2. The molecule has 0 unspecified atom stereocenters. The number of nitrogens with zero attached hydrogens (tertiary/aromatic N) is 2. The van der Waals surface area contributed by atoms with Crippen molar-refractivity contribution in [2.24, 2.45) is 0 Å². The molecule has 0 aliphatic carbocycles. The first-order valence-electron chi connectivity index (χ1n) is 8.55. The van der Waals surface area contributed by atoms with Crippen molar-refractivity contribution in [2.45, 2.75) is 25.5 Å². The predicted molar refractivity (Wildman–Crippen MR) is 107 cm³/mol. The van der Waals surface area contributed by atoms with Crippen LogP contribution in [0.5, 0.6) is 0 Å². The number of carbonyl (C=O) groups excluding carboxylic acids is 1. The van der Waals surface area contributed by atoms with Crippen LogP contribution in [0.4, 0.5) is 16.2 Å². The van der Waals surface area contributed by atoms with Gasteiger partial charge in [-0.25, -0.2) is 9.78 Å². The van der Waals surface area contributed by atoms with Crippen LogP contribution >= 0.6 is 11.8 Å². The molecule has 1 aliphatic rings. The van der Waals surface area contributed by atoms with Gasteiger partial charge in [-0.05, 0) is 37.1 Å². The van der Waals surface area contributed by atoms with Crippen molar-refractivity contribution < 1.29 is 4.79 Å². The Labute approximate surface area is 156 Å². The Bertz CT molecular complexity index is 958. The van der Waals surface area contributed by atoms with Crippen molar-refractivity contribution in [1.29, 1.82) is 0 Å². The minimum absolute atomic E-state index is 0.257. The lowest BCUT2D eigenvalue weighted by molar-refractivity contribution is 0.262. The fraction of sp³-hybridized carbons (Fsp3) is 0.200. The summed E-state index contributed by atoms with van der Waals surface area (Å²) in [5.41, 5.74) is 5.59. The maximum absolute atomic E-state index is 12.5. The van der Waals surface area contributed by atoms with Gasteiger partial charge in [0.1, 0.15) is 0 Å². The van der Waals surface area contributed by atoms with Gasteiger partial charge in [0, 0.05) is 29.7 Å². The third-order valence-corrected chi connectivity index (χ3v) is 5.58. The van der Waals surface area contributed by atoms with Crippen molar-refractivity contribution in [3.05, 3.63) is 59.8 Å². The van der Waals surface area contributed by atoms with Gasteiger partial charge >= 0.3 is 6.03 Å². The van der Waals surface area contributed by atoms with Gasteiger partial charge in [-0.3, -0.25) is 0 Å². The molecule has 5 nitrogen and oxygen atoms in total. The highest BCUT2D eigenvalue weighted by molar-refractivity contribution is 7.99. The minimum atomic E-state index is -0.257. The number of imidazole rings is 1. The fourth-order valence-electron chi connectivity index (χ4n) is 3.02. The number of nitrogens with one attached hydrogen (secondary N) is 2. The minimum Gasteiger partial charge on any atom is -0.325 e. The van der Waals surface area contributed by atoms with Gasteiger partial charge in [-0.2, -0.15) is 0 Å². The van der Waals surface area contributed by atoms with Gasteiger partial charge in [-0.15, -0.1) is 0 Å².